The molecule has 0 aromatic carbocycles. The Hall–Kier alpha value is -1.45. The van der Waals surface area contributed by atoms with Crippen molar-refractivity contribution < 1.29 is 27.9 Å². The Balaban J connectivity index is 2.33. The molecule has 1 atom stereocenters. The molecule has 9 heteroatoms. The smallest absolute Gasteiger partial charge is 0.348 e. The van der Waals surface area contributed by atoms with Crippen molar-refractivity contribution in [3.63, 3.8) is 0 Å². The second-order valence-electron chi connectivity index (χ2n) is 4.25. The van der Waals surface area contributed by atoms with Gasteiger partial charge in [-0.05, 0) is 18.9 Å². The van der Waals surface area contributed by atoms with Crippen molar-refractivity contribution in [1.29, 1.82) is 0 Å². The number of esters is 1. The summed E-state index contributed by atoms with van der Waals surface area (Å²) in [5.74, 6) is -1.78. The molecule has 2 heterocycles. The van der Waals surface area contributed by atoms with Gasteiger partial charge in [0, 0.05) is 11.9 Å². The molecule has 1 aliphatic heterocycles. The van der Waals surface area contributed by atoms with Gasteiger partial charge in [0.15, 0.2) is 0 Å². The van der Waals surface area contributed by atoms with Crippen molar-refractivity contribution in [2.24, 2.45) is 0 Å². The SMILES string of the molecule is COC(=O)c1cc(S(=O)(=O)N2CCC[C@@H]2C(=O)O)cs1. The molecule has 20 heavy (non-hydrogen) atoms. The van der Waals surface area contributed by atoms with Crippen LogP contribution in [0.4, 0.5) is 0 Å². The molecular weight excluding hydrogens is 306 g/mol. The minimum Gasteiger partial charge on any atom is -0.480 e. The van der Waals surface area contributed by atoms with E-state index in [0.29, 0.717) is 12.8 Å². The highest BCUT2D eigenvalue weighted by atomic mass is 32.2. The summed E-state index contributed by atoms with van der Waals surface area (Å²) < 4.78 is 30.3. The number of aliphatic carboxylic acids is 1. The molecule has 1 N–H and O–H groups in total. The van der Waals surface area contributed by atoms with E-state index in [9.17, 15) is 18.0 Å². The summed E-state index contributed by atoms with van der Waals surface area (Å²) in [6.45, 7) is 0.169. The van der Waals surface area contributed by atoms with Crippen LogP contribution in [0.1, 0.15) is 22.5 Å². The van der Waals surface area contributed by atoms with Crippen molar-refractivity contribution in [3.05, 3.63) is 16.3 Å². The molecule has 110 valence electrons. The Bertz CT molecular complexity index is 635. The van der Waals surface area contributed by atoms with Gasteiger partial charge in [-0.3, -0.25) is 4.79 Å². The molecule has 0 saturated carbocycles. The summed E-state index contributed by atoms with van der Waals surface area (Å²) in [5.41, 5.74) is 0. The summed E-state index contributed by atoms with van der Waals surface area (Å²) in [6, 6.07) is 0.171. The fourth-order valence-corrected chi connectivity index (χ4v) is 4.90. The Kier molecular flexibility index (Phi) is 4.11. The van der Waals surface area contributed by atoms with E-state index in [0.717, 1.165) is 15.6 Å². The maximum atomic E-state index is 12.4. The van der Waals surface area contributed by atoms with E-state index >= 15 is 0 Å². The first kappa shape index (κ1) is 14.9. The Morgan fingerprint density at radius 2 is 2.20 bits per heavy atom. The summed E-state index contributed by atoms with van der Waals surface area (Å²) >= 11 is 0.950. The summed E-state index contributed by atoms with van der Waals surface area (Å²) in [7, 11) is -2.69. The molecule has 0 unspecified atom stereocenters. The predicted octanol–water partition coefficient (Wildman–Crippen LogP) is 0.772. The normalized spacial score (nSPS) is 19.9. The highest BCUT2D eigenvalue weighted by Gasteiger charge is 2.40. The lowest BCUT2D eigenvalue weighted by atomic mass is 10.2. The molecular formula is C11H13NO6S2. The monoisotopic (exact) mass is 319 g/mol. The van der Waals surface area contributed by atoms with Gasteiger partial charge >= 0.3 is 11.9 Å². The van der Waals surface area contributed by atoms with E-state index in [4.69, 9.17) is 5.11 Å². The van der Waals surface area contributed by atoms with Crippen LogP contribution in [0.15, 0.2) is 16.3 Å². The van der Waals surface area contributed by atoms with Crippen LogP contribution < -0.4 is 0 Å². The van der Waals surface area contributed by atoms with Crippen LogP contribution >= 0.6 is 11.3 Å². The number of carboxylic acid groups (broad SMARTS) is 1. The molecule has 0 spiro atoms. The number of sulfonamides is 1. The Morgan fingerprint density at radius 3 is 2.80 bits per heavy atom. The molecule has 2 rings (SSSR count). The molecule has 0 aliphatic carbocycles. The van der Waals surface area contributed by atoms with E-state index in [1.807, 2.05) is 0 Å². The number of carboxylic acids is 1. The molecule has 1 fully saturated rings. The van der Waals surface area contributed by atoms with Crippen molar-refractivity contribution in [3.8, 4) is 0 Å². The maximum absolute atomic E-state index is 12.4. The highest BCUT2D eigenvalue weighted by molar-refractivity contribution is 7.89. The van der Waals surface area contributed by atoms with Crippen LogP contribution in [0, 0.1) is 0 Å². The average molecular weight is 319 g/mol. The second kappa shape index (κ2) is 5.51. The Morgan fingerprint density at radius 1 is 1.50 bits per heavy atom. The number of carbonyl (C=O) groups excluding carboxylic acids is 1. The van der Waals surface area contributed by atoms with E-state index in [2.05, 4.69) is 4.74 Å². The number of rotatable bonds is 4. The van der Waals surface area contributed by atoms with E-state index in [1.165, 1.54) is 18.6 Å². The van der Waals surface area contributed by atoms with Crippen LogP contribution in [0.3, 0.4) is 0 Å². The molecule has 1 aliphatic rings. The van der Waals surface area contributed by atoms with Crippen molar-refractivity contribution in [2.75, 3.05) is 13.7 Å². The first-order valence-electron chi connectivity index (χ1n) is 5.79. The predicted molar refractivity (Wildman–Crippen MR) is 70.2 cm³/mol. The molecule has 0 bridgehead atoms. The third-order valence-corrected chi connectivity index (χ3v) is 6.00. The van der Waals surface area contributed by atoms with Gasteiger partial charge in [-0.2, -0.15) is 4.31 Å². The maximum Gasteiger partial charge on any atom is 0.348 e. The lowest BCUT2D eigenvalue weighted by molar-refractivity contribution is -0.140. The Labute approximate surface area is 119 Å². The fraction of sp³-hybridized carbons (Fsp3) is 0.455. The van der Waals surface area contributed by atoms with Gasteiger partial charge in [0.2, 0.25) is 10.0 Å². The average Bonchev–Trinajstić information content (AvgIpc) is 3.06. The molecule has 1 saturated heterocycles. The van der Waals surface area contributed by atoms with E-state index < -0.39 is 28.0 Å². The van der Waals surface area contributed by atoms with Crippen LogP contribution in [0.25, 0.3) is 0 Å². The summed E-state index contributed by atoms with van der Waals surface area (Å²) in [5, 5.41) is 10.4. The lowest BCUT2D eigenvalue weighted by Crippen LogP contribution is -2.40. The van der Waals surface area contributed by atoms with E-state index in [1.54, 1.807) is 0 Å². The molecule has 0 radical (unpaired) electrons. The van der Waals surface area contributed by atoms with Crippen LogP contribution in [-0.2, 0) is 19.6 Å². The number of methoxy groups -OCH3 is 1. The number of carbonyl (C=O) groups is 2. The van der Waals surface area contributed by atoms with Gasteiger partial charge < -0.3 is 9.84 Å². The largest absolute Gasteiger partial charge is 0.480 e. The van der Waals surface area contributed by atoms with Gasteiger partial charge in [0.05, 0.1) is 12.0 Å². The van der Waals surface area contributed by atoms with Crippen LogP contribution in [0.2, 0.25) is 0 Å². The number of hydrogen-bond acceptors (Lipinski definition) is 6. The highest BCUT2D eigenvalue weighted by Crippen LogP contribution is 2.29. The van der Waals surface area contributed by atoms with Gasteiger partial charge in [-0.15, -0.1) is 11.3 Å². The first-order valence-corrected chi connectivity index (χ1v) is 8.11. The van der Waals surface area contributed by atoms with Crippen molar-refractivity contribution >= 4 is 33.3 Å². The zero-order chi connectivity index (χ0) is 14.9. The van der Waals surface area contributed by atoms with Crippen LogP contribution in [0.5, 0.6) is 0 Å². The quantitative estimate of drug-likeness (QED) is 0.823. The van der Waals surface area contributed by atoms with Crippen molar-refractivity contribution in [1.82, 2.24) is 4.31 Å². The molecule has 1 aromatic rings. The van der Waals surface area contributed by atoms with Gasteiger partial charge in [-0.25, -0.2) is 13.2 Å². The van der Waals surface area contributed by atoms with Crippen LogP contribution in [-0.4, -0.2) is 49.5 Å². The number of thiophene rings is 1. The zero-order valence-electron chi connectivity index (χ0n) is 10.6. The molecule has 1 aromatic heterocycles. The zero-order valence-corrected chi connectivity index (χ0v) is 12.2. The summed E-state index contributed by atoms with van der Waals surface area (Å²) in [4.78, 5) is 22.5. The topological polar surface area (TPSA) is 101 Å². The molecule has 0 amide bonds. The number of hydrogen-bond donors (Lipinski definition) is 1. The van der Waals surface area contributed by atoms with Gasteiger partial charge in [0.25, 0.3) is 0 Å². The fourth-order valence-electron chi connectivity index (χ4n) is 2.07. The minimum absolute atomic E-state index is 0.0731. The second-order valence-corrected chi connectivity index (χ2v) is 7.05. The van der Waals surface area contributed by atoms with Crippen molar-refractivity contribution in [2.45, 2.75) is 23.8 Å². The lowest BCUT2D eigenvalue weighted by Gasteiger charge is -2.19. The van der Waals surface area contributed by atoms with Gasteiger partial charge in [-0.1, -0.05) is 0 Å². The minimum atomic E-state index is -3.90. The number of nitrogens with zero attached hydrogens (tertiary/aromatic N) is 1. The standard InChI is InChI=1S/C11H13NO6S2/c1-18-11(15)9-5-7(6-19-9)20(16,17)12-4-2-3-8(12)10(13)14/h5-6,8H,2-4H2,1H3,(H,13,14)/t8-/m1/s1. The molecule has 7 nitrogen and oxygen atoms in total. The van der Waals surface area contributed by atoms with Gasteiger partial charge in [0.1, 0.15) is 10.9 Å². The third-order valence-electron chi connectivity index (χ3n) is 3.06. The van der Waals surface area contributed by atoms with E-state index in [-0.39, 0.29) is 16.3 Å². The third kappa shape index (κ3) is 2.56. The first-order chi connectivity index (χ1) is 9.37. The number of ether oxygens (including phenoxy) is 1. The summed E-state index contributed by atoms with van der Waals surface area (Å²) in [6.07, 6.45) is 0.798.